The van der Waals surface area contributed by atoms with E-state index in [1.807, 2.05) is 13.0 Å². The summed E-state index contributed by atoms with van der Waals surface area (Å²) >= 11 is 6.07. The Labute approximate surface area is 116 Å². The standard InChI is InChI=1S/C14H14ClNO3/c1-3-18-9(2)14(17)19-12-7-6-11(15)10-5-4-8-16-13(10)12/h4-9H,3H2,1-2H3. The number of carbonyl (C=O) groups excluding carboxylic acids is 1. The lowest BCUT2D eigenvalue weighted by Crippen LogP contribution is -2.25. The molecule has 4 nitrogen and oxygen atoms in total. The SMILES string of the molecule is CCOC(C)C(=O)Oc1ccc(Cl)c2cccnc12. The molecule has 0 saturated heterocycles. The van der Waals surface area contributed by atoms with Gasteiger partial charge in [-0.05, 0) is 38.1 Å². The zero-order chi connectivity index (χ0) is 13.8. The van der Waals surface area contributed by atoms with Gasteiger partial charge in [0.2, 0.25) is 0 Å². The van der Waals surface area contributed by atoms with Crippen molar-refractivity contribution in [3.8, 4) is 5.75 Å². The van der Waals surface area contributed by atoms with Crippen molar-refractivity contribution in [3.63, 3.8) is 0 Å². The van der Waals surface area contributed by atoms with Crippen LogP contribution in [0.5, 0.6) is 5.75 Å². The summed E-state index contributed by atoms with van der Waals surface area (Å²) in [5.41, 5.74) is 0.562. The number of halogens is 1. The van der Waals surface area contributed by atoms with Crippen molar-refractivity contribution in [2.45, 2.75) is 20.0 Å². The van der Waals surface area contributed by atoms with Crippen molar-refractivity contribution < 1.29 is 14.3 Å². The molecule has 19 heavy (non-hydrogen) atoms. The fourth-order valence-corrected chi connectivity index (χ4v) is 1.92. The molecule has 0 saturated carbocycles. The van der Waals surface area contributed by atoms with Crippen LogP contribution in [0, 0.1) is 0 Å². The van der Waals surface area contributed by atoms with Gasteiger partial charge < -0.3 is 9.47 Å². The van der Waals surface area contributed by atoms with Crippen LogP contribution in [-0.2, 0) is 9.53 Å². The molecule has 1 atom stereocenters. The minimum atomic E-state index is -0.612. The molecule has 2 rings (SSSR count). The maximum Gasteiger partial charge on any atom is 0.340 e. The van der Waals surface area contributed by atoms with Gasteiger partial charge in [-0.3, -0.25) is 4.98 Å². The lowest BCUT2D eigenvalue weighted by atomic mass is 10.2. The number of rotatable bonds is 4. The highest BCUT2D eigenvalue weighted by atomic mass is 35.5. The Balaban J connectivity index is 2.31. The molecule has 0 aliphatic heterocycles. The summed E-state index contributed by atoms with van der Waals surface area (Å²) in [7, 11) is 0. The molecule has 0 spiro atoms. The van der Waals surface area contributed by atoms with Crippen LogP contribution in [0.15, 0.2) is 30.5 Å². The summed E-state index contributed by atoms with van der Waals surface area (Å²) in [6.07, 6.45) is 1.02. The zero-order valence-electron chi connectivity index (χ0n) is 10.7. The van der Waals surface area contributed by atoms with E-state index in [2.05, 4.69) is 4.98 Å². The van der Waals surface area contributed by atoms with Crippen LogP contribution in [-0.4, -0.2) is 23.7 Å². The first kappa shape index (κ1) is 13.8. The van der Waals surface area contributed by atoms with Crippen molar-refractivity contribution in [3.05, 3.63) is 35.5 Å². The Kier molecular flexibility index (Phi) is 4.35. The second kappa shape index (κ2) is 5.99. The average molecular weight is 280 g/mol. The van der Waals surface area contributed by atoms with E-state index in [1.165, 1.54) is 0 Å². The van der Waals surface area contributed by atoms with Crippen molar-refractivity contribution >= 4 is 28.5 Å². The molecule has 1 unspecified atom stereocenters. The molecule has 0 aliphatic carbocycles. The highest BCUT2D eigenvalue weighted by molar-refractivity contribution is 6.35. The smallest absolute Gasteiger partial charge is 0.340 e. The molecular formula is C14H14ClNO3. The molecule has 5 heteroatoms. The Morgan fingerprint density at radius 3 is 2.95 bits per heavy atom. The lowest BCUT2D eigenvalue weighted by molar-refractivity contribution is -0.145. The van der Waals surface area contributed by atoms with Gasteiger partial charge in [0.05, 0.1) is 5.02 Å². The van der Waals surface area contributed by atoms with E-state index in [1.54, 1.807) is 31.3 Å². The molecular weight excluding hydrogens is 266 g/mol. The third-order valence-corrected chi connectivity index (χ3v) is 2.97. The predicted octanol–water partition coefficient (Wildman–Crippen LogP) is 3.22. The van der Waals surface area contributed by atoms with Gasteiger partial charge in [-0.15, -0.1) is 0 Å². The molecule has 100 valence electrons. The molecule has 1 aromatic heterocycles. The van der Waals surface area contributed by atoms with E-state index in [0.717, 1.165) is 5.39 Å². The third kappa shape index (κ3) is 3.03. The summed E-state index contributed by atoms with van der Waals surface area (Å²) < 4.78 is 10.5. The molecule has 1 heterocycles. The van der Waals surface area contributed by atoms with Crippen LogP contribution in [0.25, 0.3) is 10.9 Å². The number of pyridine rings is 1. The highest BCUT2D eigenvalue weighted by Gasteiger charge is 2.17. The van der Waals surface area contributed by atoms with E-state index in [0.29, 0.717) is 22.9 Å². The summed E-state index contributed by atoms with van der Waals surface area (Å²) in [4.78, 5) is 16.0. The van der Waals surface area contributed by atoms with Crippen molar-refractivity contribution in [1.29, 1.82) is 0 Å². The first-order chi connectivity index (χ1) is 9.13. The van der Waals surface area contributed by atoms with Gasteiger partial charge in [0.25, 0.3) is 0 Å². The number of benzene rings is 1. The summed E-state index contributed by atoms with van der Waals surface area (Å²) in [6.45, 7) is 3.93. The van der Waals surface area contributed by atoms with Gasteiger partial charge in [-0.1, -0.05) is 11.6 Å². The third-order valence-electron chi connectivity index (χ3n) is 2.64. The second-order valence-electron chi connectivity index (χ2n) is 3.96. The quantitative estimate of drug-likeness (QED) is 0.637. The van der Waals surface area contributed by atoms with Gasteiger partial charge in [0, 0.05) is 18.2 Å². The Bertz CT molecular complexity index is 600. The Hall–Kier alpha value is -1.65. The topological polar surface area (TPSA) is 48.4 Å². The van der Waals surface area contributed by atoms with Gasteiger partial charge in [-0.25, -0.2) is 4.79 Å². The number of aromatic nitrogens is 1. The molecule has 0 N–H and O–H groups in total. The first-order valence-corrected chi connectivity index (χ1v) is 6.37. The van der Waals surface area contributed by atoms with Crippen LogP contribution in [0.4, 0.5) is 0 Å². The van der Waals surface area contributed by atoms with Crippen LogP contribution >= 0.6 is 11.6 Å². The monoisotopic (exact) mass is 279 g/mol. The molecule has 0 amide bonds. The van der Waals surface area contributed by atoms with E-state index in [4.69, 9.17) is 21.1 Å². The van der Waals surface area contributed by atoms with Crippen LogP contribution in [0.1, 0.15) is 13.8 Å². The molecule has 2 aromatic rings. The zero-order valence-corrected chi connectivity index (χ0v) is 11.5. The maximum atomic E-state index is 11.8. The number of esters is 1. The predicted molar refractivity (Wildman–Crippen MR) is 73.5 cm³/mol. The normalized spacial score (nSPS) is 12.4. The largest absolute Gasteiger partial charge is 0.422 e. The summed E-state index contributed by atoms with van der Waals surface area (Å²) in [5, 5.41) is 1.32. The number of hydrogen-bond acceptors (Lipinski definition) is 4. The summed E-state index contributed by atoms with van der Waals surface area (Å²) in [5.74, 6) is -0.0623. The summed E-state index contributed by atoms with van der Waals surface area (Å²) in [6, 6.07) is 6.92. The van der Waals surface area contributed by atoms with Crippen molar-refractivity contribution in [2.24, 2.45) is 0 Å². The van der Waals surface area contributed by atoms with E-state index in [9.17, 15) is 4.79 Å². The molecule has 0 radical (unpaired) electrons. The fraction of sp³-hybridized carbons (Fsp3) is 0.286. The Morgan fingerprint density at radius 1 is 1.42 bits per heavy atom. The average Bonchev–Trinajstić information content (AvgIpc) is 2.42. The highest BCUT2D eigenvalue weighted by Crippen LogP contribution is 2.29. The molecule has 0 bridgehead atoms. The number of ether oxygens (including phenoxy) is 2. The van der Waals surface area contributed by atoms with Crippen molar-refractivity contribution in [1.82, 2.24) is 4.98 Å². The minimum absolute atomic E-state index is 0.386. The van der Waals surface area contributed by atoms with Crippen LogP contribution in [0.3, 0.4) is 0 Å². The lowest BCUT2D eigenvalue weighted by Gasteiger charge is -2.12. The van der Waals surface area contributed by atoms with Gasteiger partial charge in [0.1, 0.15) is 5.52 Å². The van der Waals surface area contributed by atoms with Crippen LogP contribution in [0.2, 0.25) is 5.02 Å². The first-order valence-electron chi connectivity index (χ1n) is 6.00. The van der Waals surface area contributed by atoms with E-state index < -0.39 is 12.1 Å². The minimum Gasteiger partial charge on any atom is -0.422 e. The molecule has 0 fully saturated rings. The van der Waals surface area contributed by atoms with Gasteiger partial charge in [0.15, 0.2) is 11.9 Å². The van der Waals surface area contributed by atoms with E-state index in [-0.39, 0.29) is 0 Å². The number of hydrogen-bond donors (Lipinski definition) is 0. The maximum absolute atomic E-state index is 11.8. The molecule has 0 aliphatic rings. The number of carbonyl (C=O) groups is 1. The fourth-order valence-electron chi connectivity index (χ4n) is 1.70. The van der Waals surface area contributed by atoms with Gasteiger partial charge in [-0.2, -0.15) is 0 Å². The number of nitrogens with zero attached hydrogens (tertiary/aromatic N) is 1. The molecule has 1 aromatic carbocycles. The number of fused-ring (bicyclic) bond motifs is 1. The second-order valence-corrected chi connectivity index (χ2v) is 4.37. The van der Waals surface area contributed by atoms with Crippen LogP contribution < -0.4 is 4.74 Å². The van der Waals surface area contributed by atoms with Gasteiger partial charge >= 0.3 is 5.97 Å². The van der Waals surface area contributed by atoms with E-state index >= 15 is 0 Å². The Morgan fingerprint density at radius 2 is 2.21 bits per heavy atom. The van der Waals surface area contributed by atoms with Crippen molar-refractivity contribution in [2.75, 3.05) is 6.61 Å².